The monoisotopic (exact) mass is 363 g/mol. The van der Waals surface area contributed by atoms with Gasteiger partial charge in [0.25, 0.3) is 0 Å². The lowest BCUT2D eigenvalue weighted by atomic mass is 10.0. The Kier molecular flexibility index (Phi) is 4.54. The van der Waals surface area contributed by atoms with Crippen molar-refractivity contribution in [2.45, 2.75) is 31.1 Å². The standard InChI is InChI=1S/C18H22FN3O4/c19-13-2-1-3-15(10-13)22-12-14(11-16(22)23)20-17(24)21-6-4-18(5-7-21)25-8-9-26-18/h1-3,10,14H,4-9,11-12H2,(H,20,24)/t14-/m0/s1. The minimum Gasteiger partial charge on any atom is -0.347 e. The molecule has 0 aromatic heterocycles. The smallest absolute Gasteiger partial charge is 0.317 e. The second kappa shape index (κ2) is 6.85. The van der Waals surface area contributed by atoms with E-state index in [2.05, 4.69) is 5.32 Å². The molecule has 4 rings (SSSR count). The lowest BCUT2D eigenvalue weighted by Crippen LogP contribution is -2.52. The van der Waals surface area contributed by atoms with E-state index in [4.69, 9.17) is 9.47 Å². The number of amides is 3. The SMILES string of the molecule is O=C(N[C@H]1CC(=O)N(c2cccc(F)c2)C1)N1CCC2(CC1)OCCO2. The highest BCUT2D eigenvalue weighted by Gasteiger charge is 2.41. The van der Waals surface area contributed by atoms with Crippen LogP contribution in [0.3, 0.4) is 0 Å². The molecule has 8 heteroatoms. The average Bonchev–Trinajstić information content (AvgIpc) is 3.22. The third kappa shape index (κ3) is 3.39. The first kappa shape index (κ1) is 17.2. The fraction of sp³-hybridized carbons (Fsp3) is 0.556. The first-order valence-electron chi connectivity index (χ1n) is 8.94. The van der Waals surface area contributed by atoms with Gasteiger partial charge in [-0.25, -0.2) is 9.18 Å². The number of urea groups is 1. The zero-order valence-corrected chi connectivity index (χ0v) is 14.4. The fourth-order valence-electron chi connectivity index (χ4n) is 3.80. The highest BCUT2D eigenvalue weighted by Crippen LogP contribution is 2.31. The summed E-state index contributed by atoms with van der Waals surface area (Å²) in [7, 11) is 0. The quantitative estimate of drug-likeness (QED) is 0.864. The van der Waals surface area contributed by atoms with Gasteiger partial charge in [0.05, 0.1) is 19.3 Å². The minimum absolute atomic E-state index is 0.119. The number of carbonyl (C=O) groups excluding carboxylic acids is 2. The normalized spacial score (nSPS) is 25.1. The molecule has 0 aliphatic carbocycles. The number of piperidine rings is 1. The summed E-state index contributed by atoms with van der Waals surface area (Å²) in [5, 5.41) is 2.92. The summed E-state index contributed by atoms with van der Waals surface area (Å²) in [4.78, 5) is 28.0. The van der Waals surface area contributed by atoms with Crippen molar-refractivity contribution < 1.29 is 23.5 Å². The third-order valence-electron chi connectivity index (χ3n) is 5.20. The lowest BCUT2D eigenvalue weighted by Gasteiger charge is -2.37. The van der Waals surface area contributed by atoms with Crippen molar-refractivity contribution in [1.82, 2.24) is 10.2 Å². The number of rotatable bonds is 2. The Balaban J connectivity index is 1.32. The summed E-state index contributed by atoms with van der Waals surface area (Å²) in [6.07, 6.45) is 1.52. The predicted molar refractivity (Wildman–Crippen MR) is 91.1 cm³/mol. The molecule has 140 valence electrons. The molecule has 7 nitrogen and oxygen atoms in total. The summed E-state index contributed by atoms with van der Waals surface area (Å²) in [6, 6.07) is 5.46. The lowest BCUT2D eigenvalue weighted by molar-refractivity contribution is -0.181. The van der Waals surface area contributed by atoms with E-state index in [0.717, 1.165) is 0 Å². The van der Waals surface area contributed by atoms with Gasteiger partial charge in [-0.3, -0.25) is 4.79 Å². The predicted octanol–water partition coefficient (Wildman–Crippen LogP) is 1.48. The van der Waals surface area contributed by atoms with Crippen molar-refractivity contribution in [1.29, 1.82) is 0 Å². The number of benzene rings is 1. The maximum absolute atomic E-state index is 13.4. The van der Waals surface area contributed by atoms with Gasteiger partial charge in [0.2, 0.25) is 5.91 Å². The van der Waals surface area contributed by atoms with Crippen LogP contribution in [0.4, 0.5) is 14.9 Å². The molecule has 0 unspecified atom stereocenters. The van der Waals surface area contributed by atoms with Gasteiger partial charge in [0.1, 0.15) is 5.82 Å². The fourth-order valence-corrected chi connectivity index (χ4v) is 3.80. The Bertz CT molecular complexity index is 697. The summed E-state index contributed by atoms with van der Waals surface area (Å²) in [5.74, 6) is -1.03. The Labute approximate surface area is 151 Å². The van der Waals surface area contributed by atoms with Gasteiger partial charge >= 0.3 is 6.03 Å². The van der Waals surface area contributed by atoms with Crippen LogP contribution in [0.2, 0.25) is 0 Å². The Morgan fingerprint density at radius 1 is 1.23 bits per heavy atom. The van der Waals surface area contributed by atoms with Crippen molar-refractivity contribution in [3.8, 4) is 0 Å². The maximum atomic E-state index is 13.4. The molecule has 3 aliphatic heterocycles. The van der Waals surface area contributed by atoms with E-state index < -0.39 is 5.79 Å². The van der Waals surface area contributed by atoms with E-state index in [0.29, 0.717) is 51.4 Å². The van der Waals surface area contributed by atoms with Crippen LogP contribution in [-0.4, -0.2) is 61.5 Å². The number of nitrogens with zero attached hydrogens (tertiary/aromatic N) is 2. The molecular formula is C18H22FN3O4. The van der Waals surface area contributed by atoms with Crippen molar-refractivity contribution in [2.75, 3.05) is 37.7 Å². The first-order valence-corrected chi connectivity index (χ1v) is 8.94. The van der Waals surface area contributed by atoms with Gasteiger partial charge in [0.15, 0.2) is 5.79 Å². The van der Waals surface area contributed by atoms with Crippen molar-refractivity contribution >= 4 is 17.6 Å². The minimum atomic E-state index is -0.520. The molecular weight excluding hydrogens is 341 g/mol. The van der Waals surface area contributed by atoms with Crippen LogP contribution in [0.5, 0.6) is 0 Å². The van der Waals surface area contributed by atoms with E-state index in [1.807, 2.05) is 0 Å². The summed E-state index contributed by atoms with van der Waals surface area (Å²) >= 11 is 0. The molecule has 1 spiro atoms. The molecule has 0 bridgehead atoms. The van der Waals surface area contributed by atoms with E-state index in [-0.39, 0.29) is 30.2 Å². The van der Waals surface area contributed by atoms with Gasteiger partial charge in [-0.05, 0) is 18.2 Å². The van der Waals surface area contributed by atoms with Crippen molar-refractivity contribution in [3.63, 3.8) is 0 Å². The first-order chi connectivity index (χ1) is 12.5. The zero-order chi connectivity index (χ0) is 18.1. The highest BCUT2D eigenvalue weighted by atomic mass is 19.1. The summed E-state index contributed by atoms with van der Waals surface area (Å²) < 4.78 is 24.7. The molecule has 26 heavy (non-hydrogen) atoms. The number of likely N-dealkylation sites (tertiary alicyclic amines) is 1. The van der Waals surface area contributed by atoms with Crippen LogP contribution < -0.4 is 10.2 Å². The van der Waals surface area contributed by atoms with Gasteiger partial charge in [-0.15, -0.1) is 0 Å². The second-order valence-electron chi connectivity index (χ2n) is 6.93. The Hall–Kier alpha value is -2.19. The zero-order valence-electron chi connectivity index (χ0n) is 14.4. The molecule has 3 aliphatic rings. The van der Waals surface area contributed by atoms with Gasteiger partial charge in [-0.2, -0.15) is 0 Å². The summed E-state index contributed by atoms with van der Waals surface area (Å²) in [5.41, 5.74) is 0.516. The van der Waals surface area contributed by atoms with E-state index in [1.54, 1.807) is 17.0 Å². The summed E-state index contributed by atoms with van der Waals surface area (Å²) in [6.45, 7) is 2.66. The van der Waals surface area contributed by atoms with Crippen LogP contribution in [0.25, 0.3) is 0 Å². The Morgan fingerprint density at radius 3 is 2.65 bits per heavy atom. The molecule has 1 atom stereocenters. The second-order valence-corrected chi connectivity index (χ2v) is 6.93. The number of carbonyl (C=O) groups is 2. The maximum Gasteiger partial charge on any atom is 0.317 e. The molecule has 0 radical (unpaired) electrons. The van der Waals surface area contributed by atoms with Crippen LogP contribution in [0.1, 0.15) is 19.3 Å². The van der Waals surface area contributed by atoms with Crippen LogP contribution in [-0.2, 0) is 14.3 Å². The van der Waals surface area contributed by atoms with E-state index in [9.17, 15) is 14.0 Å². The molecule has 3 heterocycles. The molecule has 3 amide bonds. The molecule has 3 fully saturated rings. The van der Waals surface area contributed by atoms with Crippen molar-refractivity contribution in [2.24, 2.45) is 0 Å². The molecule has 1 aromatic carbocycles. The number of nitrogens with one attached hydrogen (secondary N) is 1. The number of anilines is 1. The number of hydrogen-bond acceptors (Lipinski definition) is 4. The van der Waals surface area contributed by atoms with Gasteiger partial charge in [0, 0.05) is 44.6 Å². The largest absolute Gasteiger partial charge is 0.347 e. The van der Waals surface area contributed by atoms with Crippen LogP contribution in [0.15, 0.2) is 24.3 Å². The van der Waals surface area contributed by atoms with E-state index >= 15 is 0 Å². The number of halogens is 1. The molecule has 1 N–H and O–H groups in total. The number of ether oxygens (including phenoxy) is 2. The molecule has 1 aromatic rings. The molecule has 3 saturated heterocycles. The van der Waals surface area contributed by atoms with E-state index in [1.165, 1.54) is 17.0 Å². The van der Waals surface area contributed by atoms with Crippen LogP contribution in [0, 0.1) is 5.82 Å². The third-order valence-corrected chi connectivity index (χ3v) is 5.20. The average molecular weight is 363 g/mol. The molecule has 0 saturated carbocycles. The topological polar surface area (TPSA) is 71.1 Å². The van der Waals surface area contributed by atoms with Crippen molar-refractivity contribution in [3.05, 3.63) is 30.1 Å². The Morgan fingerprint density at radius 2 is 1.96 bits per heavy atom. The van der Waals surface area contributed by atoms with Gasteiger partial charge < -0.3 is 24.6 Å². The van der Waals surface area contributed by atoms with Crippen LogP contribution >= 0.6 is 0 Å². The number of hydrogen-bond donors (Lipinski definition) is 1. The highest BCUT2D eigenvalue weighted by molar-refractivity contribution is 5.96. The van der Waals surface area contributed by atoms with Gasteiger partial charge in [-0.1, -0.05) is 6.07 Å².